The number of piperidine rings is 1. The molecule has 1 fully saturated rings. The lowest BCUT2D eigenvalue weighted by atomic mass is 9.94. The molecule has 8 heteroatoms. The highest BCUT2D eigenvalue weighted by atomic mass is 19.1. The molecule has 0 unspecified atom stereocenters. The van der Waals surface area contributed by atoms with Crippen molar-refractivity contribution in [2.45, 2.75) is 19.3 Å². The molecule has 1 atom stereocenters. The van der Waals surface area contributed by atoms with Crippen molar-refractivity contribution in [3.05, 3.63) is 82.2 Å². The maximum absolute atomic E-state index is 14.0. The van der Waals surface area contributed by atoms with Gasteiger partial charge in [0.25, 0.3) is 5.91 Å². The van der Waals surface area contributed by atoms with Gasteiger partial charge in [0.1, 0.15) is 5.82 Å². The van der Waals surface area contributed by atoms with Gasteiger partial charge in [0.2, 0.25) is 17.3 Å². The van der Waals surface area contributed by atoms with E-state index in [1.807, 2.05) is 18.2 Å². The number of carbonyl (C=O) groups is 1. The predicted molar refractivity (Wildman–Crippen MR) is 117 cm³/mol. The lowest BCUT2D eigenvalue weighted by Crippen LogP contribution is -2.41. The average molecular weight is 432 g/mol. The molecule has 1 saturated heterocycles. The molecule has 0 bridgehead atoms. The standard InChI is InChI=1S/C24H21FN4O3/c25-19-9-3-1-8-17(19)23-27-22(32-28-23)12-15-6-5-11-29(14-15)24(31)18-13-21(30)26-20-10-4-2-7-16(18)20/h1-4,7-10,13,15H,5-6,11-12,14H2,(H,26,30)/t15-/m1/s1. The quantitative estimate of drug-likeness (QED) is 0.529. The molecule has 32 heavy (non-hydrogen) atoms. The minimum absolute atomic E-state index is 0.134. The fourth-order valence-corrected chi connectivity index (χ4v) is 4.30. The van der Waals surface area contributed by atoms with E-state index in [-0.39, 0.29) is 23.2 Å². The number of rotatable bonds is 4. The lowest BCUT2D eigenvalue weighted by Gasteiger charge is -2.32. The molecule has 0 spiro atoms. The number of benzene rings is 2. The van der Waals surface area contributed by atoms with Gasteiger partial charge >= 0.3 is 0 Å². The number of hydrogen-bond donors (Lipinski definition) is 1. The van der Waals surface area contributed by atoms with E-state index in [0.717, 1.165) is 18.2 Å². The maximum Gasteiger partial charge on any atom is 0.254 e. The molecule has 2 aromatic carbocycles. The summed E-state index contributed by atoms with van der Waals surface area (Å²) in [6.45, 7) is 1.15. The van der Waals surface area contributed by atoms with Crippen molar-refractivity contribution < 1.29 is 13.7 Å². The Morgan fingerprint density at radius 2 is 2.00 bits per heavy atom. The highest BCUT2D eigenvalue weighted by Crippen LogP contribution is 2.25. The van der Waals surface area contributed by atoms with E-state index in [1.54, 1.807) is 29.2 Å². The number of aromatic amines is 1. The van der Waals surface area contributed by atoms with Gasteiger partial charge in [-0.2, -0.15) is 4.98 Å². The number of amides is 1. The van der Waals surface area contributed by atoms with Crippen LogP contribution in [-0.4, -0.2) is 39.0 Å². The molecule has 7 nitrogen and oxygen atoms in total. The van der Waals surface area contributed by atoms with Gasteiger partial charge in [-0.15, -0.1) is 0 Å². The minimum Gasteiger partial charge on any atom is -0.339 e. The van der Waals surface area contributed by atoms with E-state index in [1.165, 1.54) is 12.1 Å². The Labute approximate surface area is 182 Å². The Morgan fingerprint density at radius 3 is 2.88 bits per heavy atom. The van der Waals surface area contributed by atoms with Crippen molar-refractivity contribution in [3.63, 3.8) is 0 Å². The Hall–Kier alpha value is -3.81. The van der Waals surface area contributed by atoms with Crippen molar-refractivity contribution in [1.82, 2.24) is 20.0 Å². The Morgan fingerprint density at radius 1 is 1.19 bits per heavy atom. The molecule has 1 aliphatic rings. The number of likely N-dealkylation sites (tertiary alicyclic amines) is 1. The van der Waals surface area contributed by atoms with Crippen LogP contribution in [0.1, 0.15) is 29.1 Å². The van der Waals surface area contributed by atoms with Gasteiger partial charge in [-0.25, -0.2) is 4.39 Å². The van der Waals surface area contributed by atoms with Crippen molar-refractivity contribution in [2.24, 2.45) is 5.92 Å². The summed E-state index contributed by atoms with van der Waals surface area (Å²) in [5.41, 5.74) is 1.05. The van der Waals surface area contributed by atoms with Crippen LogP contribution >= 0.6 is 0 Å². The van der Waals surface area contributed by atoms with Crippen LogP contribution in [0.15, 0.2) is 63.9 Å². The minimum atomic E-state index is -0.403. The maximum atomic E-state index is 14.0. The molecule has 5 rings (SSSR count). The molecule has 0 radical (unpaired) electrons. The third-order valence-electron chi connectivity index (χ3n) is 5.83. The van der Waals surface area contributed by atoms with Crippen LogP contribution in [0.2, 0.25) is 0 Å². The average Bonchev–Trinajstić information content (AvgIpc) is 3.26. The van der Waals surface area contributed by atoms with Crippen LogP contribution < -0.4 is 5.56 Å². The summed E-state index contributed by atoms with van der Waals surface area (Å²) >= 11 is 0. The highest BCUT2D eigenvalue weighted by Gasteiger charge is 2.27. The Bertz CT molecular complexity index is 1350. The van der Waals surface area contributed by atoms with E-state index in [0.29, 0.717) is 42.0 Å². The van der Waals surface area contributed by atoms with Gasteiger partial charge in [0.05, 0.1) is 11.1 Å². The molecule has 1 N–H and O–H groups in total. The zero-order valence-corrected chi connectivity index (χ0v) is 17.3. The van der Waals surface area contributed by atoms with Gasteiger partial charge < -0.3 is 14.4 Å². The number of halogens is 1. The number of aromatic nitrogens is 3. The summed E-state index contributed by atoms with van der Waals surface area (Å²) in [4.78, 5) is 34.2. The number of nitrogens with one attached hydrogen (secondary N) is 1. The number of pyridine rings is 1. The van der Waals surface area contributed by atoms with Gasteiger partial charge in [0.15, 0.2) is 0 Å². The van der Waals surface area contributed by atoms with Crippen molar-refractivity contribution in [3.8, 4) is 11.4 Å². The van der Waals surface area contributed by atoms with Crippen LogP contribution in [0.5, 0.6) is 0 Å². The zero-order chi connectivity index (χ0) is 22.1. The first-order valence-corrected chi connectivity index (χ1v) is 10.6. The van der Waals surface area contributed by atoms with Crippen LogP contribution in [0.25, 0.3) is 22.3 Å². The molecule has 4 aromatic rings. The number of carbonyl (C=O) groups excluding carboxylic acids is 1. The van der Waals surface area contributed by atoms with E-state index >= 15 is 0 Å². The molecular weight excluding hydrogens is 411 g/mol. The number of fused-ring (bicyclic) bond motifs is 1. The largest absolute Gasteiger partial charge is 0.339 e. The zero-order valence-electron chi connectivity index (χ0n) is 17.3. The molecule has 1 amide bonds. The molecular formula is C24H21FN4O3. The summed E-state index contributed by atoms with van der Waals surface area (Å²) in [6, 6.07) is 15.0. The van der Waals surface area contributed by atoms with Gasteiger partial charge in [-0.05, 0) is 37.0 Å². The number of nitrogens with zero attached hydrogens (tertiary/aromatic N) is 3. The second kappa shape index (κ2) is 8.37. The summed E-state index contributed by atoms with van der Waals surface area (Å²) in [5, 5.41) is 4.64. The normalized spacial score (nSPS) is 16.4. The van der Waals surface area contributed by atoms with Crippen LogP contribution in [-0.2, 0) is 6.42 Å². The van der Waals surface area contributed by atoms with Crippen molar-refractivity contribution in [2.75, 3.05) is 13.1 Å². The molecule has 0 saturated carbocycles. The first kappa shape index (κ1) is 20.1. The van der Waals surface area contributed by atoms with Crippen LogP contribution in [0.4, 0.5) is 4.39 Å². The van der Waals surface area contributed by atoms with Crippen LogP contribution in [0.3, 0.4) is 0 Å². The molecule has 2 aromatic heterocycles. The van der Waals surface area contributed by atoms with Crippen LogP contribution in [0, 0.1) is 11.7 Å². The Kier molecular flexibility index (Phi) is 5.26. The van der Waals surface area contributed by atoms with E-state index in [2.05, 4.69) is 15.1 Å². The molecule has 1 aliphatic heterocycles. The monoisotopic (exact) mass is 432 g/mol. The third-order valence-corrected chi connectivity index (χ3v) is 5.83. The summed E-state index contributed by atoms with van der Waals surface area (Å²) in [6.07, 6.45) is 2.25. The topological polar surface area (TPSA) is 92.1 Å². The van der Waals surface area contributed by atoms with Gasteiger partial charge in [-0.3, -0.25) is 9.59 Å². The smallest absolute Gasteiger partial charge is 0.254 e. The number of H-pyrrole nitrogens is 1. The fourth-order valence-electron chi connectivity index (χ4n) is 4.30. The van der Waals surface area contributed by atoms with Crippen molar-refractivity contribution >= 4 is 16.8 Å². The first-order valence-electron chi connectivity index (χ1n) is 10.6. The molecule has 3 heterocycles. The summed E-state index contributed by atoms with van der Waals surface area (Å²) in [7, 11) is 0. The number of para-hydroxylation sites is 1. The SMILES string of the molecule is O=C(c1cc(=O)[nH]c2ccccc12)N1CCC[C@H](Cc2nc(-c3ccccc3F)no2)C1. The second-order valence-electron chi connectivity index (χ2n) is 8.05. The summed E-state index contributed by atoms with van der Waals surface area (Å²) < 4.78 is 19.3. The van der Waals surface area contributed by atoms with Gasteiger partial charge in [-0.1, -0.05) is 35.5 Å². The van der Waals surface area contributed by atoms with E-state index in [4.69, 9.17) is 4.52 Å². The van der Waals surface area contributed by atoms with Gasteiger partial charge in [0, 0.05) is 36.5 Å². The second-order valence-corrected chi connectivity index (χ2v) is 8.05. The predicted octanol–water partition coefficient (Wildman–Crippen LogP) is 3.81. The fraction of sp³-hybridized carbons (Fsp3) is 0.250. The summed E-state index contributed by atoms with van der Waals surface area (Å²) in [5.74, 6) is 0.213. The highest BCUT2D eigenvalue weighted by molar-refractivity contribution is 6.05. The van der Waals surface area contributed by atoms with Crippen molar-refractivity contribution in [1.29, 1.82) is 0 Å². The molecule has 0 aliphatic carbocycles. The third kappa shape index (κ3) is 3.91. The first-order chi connectivity index (χ1) is 15.6. The number of hydrogen-bond acceptors (Lipinski definition) is 5. The molecule has 162 valence electrons. The Balaban J connectivity index is 1.33. The van der Waals surface area contributed by atoms with E-state index < -0.39 is 5.82 Å². The van der Waals surface area contributed by atoms with E-state index in [9.17, 15) is 14.0 Å². The lowest BCUT2D eigenvalue weighted by molar-refractivity contribution is 0.0670.